The highest BCUT2D eigenvalue weighted by atomic mass is 16.5. The van der Waals surface area contributed by atoms with Crippen LogP contribution >= 0.6 is 0 Å². The van der Waals surface area contributed by atoms with Gasteiger partial charge in [0.25, 0.3) is 5.91 Å². The van der Waals surface area contributed by atoms with Crippen molar-refractivity contribution >= 4 is 11.7 Å². The Bertz CT molecular complexity index is 523. The van der Waals surface area contributed by atoms with Crippen LogP contribution in [-0.4, -0.2) is 51.8 Å². The zero-order valence-corrected chi connectivity index (χ0v) is 10.7. The van der Waals surface area contributed by atoms with E-state index in [-0.39, 0.29) is 5.91 Å². The number of carbonyl (C=O) groups is 1. The van der Waals surface area contributed by atoms with Crippen molar-refractivity contribution in [2.75, 3.05) is 26.0 Å². The maximum Gasteiger partial charge on any atom is 0.273 e. The second-order valence-corrected chi connectivity index (χ2v) is 4.03. The molecule has 0 aromatic carbocycles. The predicted octanol–water partition coefficient (Wildman–Crippen LogP) is 0.216. The maximum atomic E-state index is 11.6. The molecule has 2 aromatic rings. The standard InChI is InChI=1S/C11H14N6O2/c1-17(2)11(18)8-3-4-9(15-14-8)12-6-5-10-13-7-19-16-10/h3-4,7H,5-6H2,1-2H3,(H,12,15). The van der Waals surface area contributed by atoms with E-state index in [1.54, 1.807) is 26.2 Å². The molecule has 0 aliphatic heterocycles. The van der Waals surface area contributed by atoms with E-state index in [1.165, 1.54) is 11.3 Å². The van der Waals surface area contributed by atoms with E-state index < -0.39 is 0 Å². The summed E-state index contributed by atoms with van der Waals surface area (Å²) in [6.45, 7) is 0.606. The quantitative estimate of drug-likeness (QED) is 0.822. The highest BCUT2D eigenvalue weighted by Gasteiger charge is 2.09. The van der Waals surface area contributed by atoms with Gasteiger partial charge < -0.3 is 14.7 Å². The van der Waals surface area contributed by atoms with E-state index >= 15 is 0 Å². The second-order valence-electron chi connectivity index (χ2n) is 4.03. The zero-order chi connectivity index (χ0) is 13.7. The minimum Gasteiger partial charge on any atom is -0.368 e. The molecule has 0 aliphatic rings. The van der Waals surface area contributed by atoms with Gasteiger partial charge in [0, 0.05) is 27.1 Å². The minimum absolute atomic E-state index is 0.175. The Kier molecular flexibility index (Phi) is 4.01. The molecule has 8 nitrogen and oxygen atoms in total. The van der Waals surface area contributed by atoms with Crippen LogP contribution in [-0.2, 0) is 6.42 Å². The van der Waals surface area contributed by atoms with Crippen molar-refractivity contribution in [2.45, 2.75) is 6.42 Å². The van der Waals surface area contributed by atoms with Gasteiger partial charge in [0.05, 0.1) is 0 Å². The van der Waals surface area contributed by atoms with Crippen LogP contribution in [0.4, 0.5) is 5.82 Å². The monoisotopic (exact) mass is 262 g/mol. The third-order valence-electron chi connectivity index (χ3n) is 2.35. The Morgan fingerprint density at radius 3 is 2.79 bits per heavy atom. The Morgan fingerprint density at radius 2 is 2.21 bits per heavy atom. The van der Waals surface area contributed by atoms with Gasteiger partial charge in [-0.15, -0.1) is 10.2 Å². The van der Waals surface area contributed by atoms with Crippen molar-refractivity contribution in [1.82, 2.24) is 25.2 Å². The summed E-state index contributed by atoms with van der Waals surface area (Å²) in [5, 5.41) is 14.5. The summed E-state index contributed by atoms with van der Waals surface area (Å²) >= 11 is 0. The average Bonchev–Trinajstić information content (AvgIpc) is 2.92. The molecule has 1 N–H and O–H groups in total. The summed E-state index contributed by atoms with van der Waals surface area (Å²) in [6, 6.07) is 3.34. The molecule has 0 fully saturated rings. The largest absolute Gasteiger partial charge is 0.368 e. The molecule has 0 atom stereocenters. The number of aromatic nitrogens is 4. The van der Waals surface area contributed by atoms with Gasteiger partial charge in [0.15, 0.2) is 11.5 Å². The zero-order valence-electron chi connectivity index (χ0n) is 10.7. The maximum absolute atomic E-state index is 11.6. The van der Waals surface area contributed by atoms with Crippen molar-refractivity contribution in [2.24, 2.45) is 0 Å². The fraction of sp³-hybridized carbons (Fsp3) is 0.364. The van der Waals surface area contributed by atoms with Gasteiger partial charge in [0.2, 0.25) is 6.39 Å². The number of hydrogen-bond donors (Lipinski definition) is 1. The lowest BCUT2D eigenvalue weighted by molar-refractivity contribution is 0.0821. The number of amides is 1. The van der Waals surface area contributed by atoms with Crippen LogP contribution in [0.3, 0.4) is 0 Å². The first-order chi connectivity index (χ1) is 9.16. The average molecular weight is 262 g/mol. The topological polar surface area (TPSA) is 97.0 Å². The molecule has 2 aromatic heterocycles. The van der Waals surface area contributed by atoms with Crippen molar-refractivity contribution in [3.05, 3.63) is 30.0 Å². The summed E-state index contributed by atoms with van der Waals surface area (Å²) in [5.41, 5.74) is 0.314. The van der Waals surface area contributed by atoms with E-state index in [2.05, 4.69) is 30.2 Å². The first-order valence-electron chi connectivity index (χ1n) is 5.71. The van der Waals surface area contributed by atoms with Crippen LogP contribution in [0.1, 0.15) is 16.3 Å². The van der Waals surface area contributed by atoms with Crippen molar-refractivity contribution in [3.63, 3.8) is 0 Å². The fourth-order valence-electron chi connectivity index (χ4n) is 1.37. The third-order valence-corrected chi connectivity index (χ3v) is 2.35. The van der Waals surface area contributed by atoms with Gasteiger partial charge in [0.1, 0.15) is 5.82 Å². The number of carbonyl (C=O) groups excluding carboxylic acids is 1. The van der Waals surface area contributed by atoms with Crippen LogP contribution in [0, 0.1) is 0 Å². The summed E-state index contributed by atoms with van der Waals surface area (Å²) in [7, 11) is 3.34. The highest BCUT2D eigenvalue weighted by molar-refractivity contribution is 5.91. The molecule has 2 heterocycles. The van der Waals surface area contributed by atoms with Crippen molar-refractivity contribution in [1.29, 1.82) is 0 Å². The summed E-state index contributed by atoms with van der Waals surface area (Å²) in [6.07, 6.45) is 1.91. The van der Waals surface area contributed by atoms with E-state index in [4.69, 9.17) is 0 Å². The minimum atomic E-state index is -0.175. The smallest absolute Gasteiger partial charge is 0.273 e. The summed E-state index contributed by atoms with van der Waals surface area (Å²) in [4.78, 5) is 17.0. The summed E-state index contributed by atoms with van der Waals surface area (Å²) in [5.74, 6) is 1.05. The number of rotatable bonds is 5. The first-order valence-corrected chi connectivity index (χ1v) is 5.71. The molecule has 0 spiro atoms. The van der Waals surface area contributed by atoms with Gasteiger partial charge >= 0.3 is 0 Å². The van der Waals surface area contributed by atoms with Crippen LogP contribution < -0.4 is 5.32 Å². The number of nitrogens with one attached hydrogen (secondary N) is 1. The predicted molar refractivity (Wildman–Crippen MR) is 66.5 cm³/mol. The van der Waals surface area contributed by atoms with Crippen LogP contribution in [0.5, 0.6) is 0 Å². The van der Waals surface area contributed by atoms with Crippen LogP contribution in [0.25, 0.3) is 0 Å². The Labute approximate surface area is 109 Å². The van der Waals surface area contributed by atoms with Gasteiger partial charge in [-0.2, -0.15) is 4.98 Å². The second kappa shape index (κ2) is 5.89. The van der Waals surface area contributed by atoms with E-state index in [1.807, 2.05) is 0 Å². The molecule has 0 saturated carbocycles. The summed E-state index contributed by atoms with van der Waals surface area (Å²) < 4.78 is 4.62. The molecular formula is C11H14N6O2. The SMILES string of the molecule is CN(C)C(=O)c1ccc(NCCc2ncon2)nn1. The lowest BCUT2D eigenvalue weighted by Crippen LogP contribution is -2.23. The molecular weight excluding hydrogens is 248 g/mol. The molecule has 1 amide bonds. The Morgan fingerprint density at radius 1 is 1.37 bits per heavy atom. The fourth-order valence-corrected chi connectivity index (χ4v) is 1.37. The first kappa shape index (κ1) is 12.9. The normalized spacial score (nSPS) is 10.2. The lowest BCUT2D eigenvalue weighted by Gasteiger charge is -2.09. The van der Waals surface area contributed by atoms with Gasteiger partial charge in [-0.05, 0) is 12.1 Å². The number of nitrogens with zero attached hydrogens (tertiary/aromatic N) is 5. The third kappa shape index (κ3) is 3.47. The highest BCUT2D eigenvalue weighted by Crippen LogP contribution is 2.03. The van der Waals surface area contributed by atoms with Crippen LogP contribution in [0.2, 0.25) is 0 Å². The van der Waals surface area contributed by atoms with E-state index in [0.717, 1.165) is 0 Å². The molecule has 0 bridgehead atoms. The van der Waals surface area contributed by atoms with Crippen molar-refractivity contribution in [3.8, 4) is 0 Å². The van der Waals surface area contributed by atoms with Gasteiger partial charge in [-0.3, -0.25) is 4.79 Å². The molecule has 2 rings (SSSR count). The number of anilines is 1. The molecule has 0 radical (unpaired) electrons. The molecule has 0 unspecified atom stereocenters. The van der Waals surface area contributed by atoms with Gasteiger partial charge in [-0.25, -0.2) is 0 Å². The number of hydrogen-bond acceptors (Lipinski definition) is 7. The van der Waals surface area contributed by atoms with E-state index in [9.17, 15) is 4.79 Å². The Balaban J connectivity index is 1.86. The lowest BCUT2D eigenvalue weighted by atomic mass is 10.3. The van der Waals surface area contributed by atoms with Crippen molar-refractivity contribution < 1.29 is 9.32 Å². The molecule has 0 aliphatic carbocycles. The molecule has 8 heteroatoms. The van der Waals surface area contributed by atoms with E-state index in [0.29, 0.717) is 30.3 Å². The van der Waals surface area contributed by atoms with Gasteiger partial charge in [-0.1, -0.05) is 5.16 Å². The molecule has 19 heavy (non-hydrogen) atoms. The molecule has 100 valence electrons. The Hall–Kier alpha value is -2.51. The molecule has 0 saturated heterocycles. The van der Waals surface area contributed by atoms with Crippen LogP contribution in [0.15, 0.2) is 23.0 Å².